The Morgan fingerprint density at radius 3 is 2.65 bits per heavy atom. The van der Waals surface area contributed by atoms with E-state index in [9.17, 15) is 20.1 Å². The molecule has 146 valence electrons. The third-order valence-corrected chi connectivity index (χ3v) is 4.97. The third kappa shape index (κ3) is 5.04. The van der Waals surface area contributed by atoms with Crippen LogP contribution in [0.4, 0.5) is 0 Å². The molecule has 1 heterocycles. The fourth-order valence-electron chi connectivity index (χ4n) is 3.42. The van der Waals surface area contributed by atoms with Gasteiger partial charge in [-0.05, 0) is 24.0 Å². The highest BCUT2D eigenvalue weighted by molar-refractivity contribution is 5.69. The molecule has 1 aliphatic rings. The molecule has 0 bridgehead atoms. The second-order valence-corrected chi connectivity index (χ2v) is 6.83. The van der Waals surface area contributed by atoms with Crippen molar-refractivity contribution in [2.45, 2.75) is 76.0 Å². The summed E-state index contributed by atoms with van der Waals surface area (Å²) in [6.07, 6.45) is -0.155. The van der Waals surface area contributed by atoms with Crippen molar-refractivity contribution >= 4 is 5.97 Å². The Hall–Kier alpha value is -1.47. The van der Waals surface area contributed by atoms with Crippen LogP contribution in [0.5, 0.6) is 0 Å². The van der Waals surface area contributed by atoms with Crippen LogP contribution in [-0.4, -0.2) is 46.7 Å². The number of hydrogen-bond acceptors (Lipinski definition) is 6. The Morgan fingerprint density at radius 2 is 1.96 bits per heavy atom. The Morgan fingerprint density at radius 1 is 1.23 bits per heavy atom. The van der Waals surface area contributed by atoms with Gasteiger partial charge >= 0.3 is 5.97 Å². The van der Waals surface area contributed by atoms with E-state index < -0.39 is 30.5 Å². The van der Waals surface area contributed by atoms with Crippen LogP contribution in [0.2, 0.25) is 0 Å². The Labute approximate surface area is 154 Å². The second kappa shape index (κ2) is 10.0. The largest absolute Gasteiger partial charge is 0.469 e. The summed E-state index contributed by atoms with van der Waals surface area (Å²) < 4.78 is 10.5. The number of esters is 1. The molecule has 0 aliphatic carbocycles. The molecule has 6 heteroatoms. The van der Waals surface area contributed by atoms with Crippen LogP contribution in [-0.2, 0) is 14.3 Å². The number of aliphatic hydroxyl groups excluding tert-OH is 3. The minimum atomic E-state index is -1.11. The van der Waals surface area contributed by atoms with Crippen molar-refractivity contribution in [2.24, 2.45) is 0 Å². The van der Waals surface area contributed by atoms with Crippen molar-refractivity contribution in [2.75, 3.05) is 7.11 Å². The fraction of sp³-hybridized carbons (Fsp3) is 0.650. The third-order valence-electron chi connectivity index (χ3n) is 4.97. The normalized spacial score (nSPS) is 26.7. The smallest absolute Gasteiger partial charge is 0.305 e. The summed E-state index contributed by atoms with van der Waals surface area (Å²) in [5, 5.41) is 31.3. The Kier molecular flexibility index (Phi) is 8.03. The minimum Gasteiger partial charge on any atom is -0.469 e. The van der Waals surface area contributed by atoms with E-state index in [2.05, 4.69) is 11.7 Å². The average molecular weight is 366 g/mol. The molecule has 26 heavy (non-hydrogen) atoms. The molecule has 1 saturated heterocycles. The van der Waals surface area contributed by atoms with Gasteiger partial charge in [-0.3, -0.25) is 4.79 Å². The highest BCUT2D eigenvalue weighted by Gasteiger charge is 2.44. The van der Waals surface area contributed by atoms with Crippen LogP contribution in [0.3, 0.4) is 0 Å². The van der Waals surface area contributed by atoms with Gasteiger partial charge in [-0.2, -0.15) is 0 Å². The van der Waals surface area contributed by atoms with E-state index in [1.807, 2.05) is 24.3 Å². The maximum absolute atomic E-state index is 11.3. The lowest BCUT2D eigenvalue weighted by Gasteiger charge is -2.21. The molecular weight excluding hydrogens is 336 g/mol. The summed E-state index contributed by atoms with van der Waals surface area (Å²) in [6, 6.07) is 7.30. The van der Waals surface area contributed by atoms with Crippen LogP contribution in [0.1, 0.15) is 68.8 Å². The van der Waals surface area contributed by atoms with Crippen molar-refractivity contribution in [3.05, 3.63) is 35.4 Å². The molecule has 0 aromatic heterocycles. The highest BCUT2D eigenvalue weighted by atomic mass is 16.5. The first-order valence-electron chi connectivity index (χ1n) is 9.34. The number of benzene rings is 1. The summed E-state index contributed by atoms with van der Waals surface area (Å²) in [5.41, 5.74) is 1.40. The van der Waals surface area contributed by atoms with E-state index in [4.69, 9.17) is 4.74 Å². The van der Waals surface area contributed by atoms with E-state index in [1.165, 1.54) is 7.11 Å². The van der Waals surface area contributed by atoms with Crippen molar-refractivity contribution in [1.29, 1.82) is 0 Å². The van der Waals surface area contributed by atoms with Gasteiger partial charge in [-0.25, -0.2) is 0 Å². The lowest BCUT2D eigenvalue weighted by Crippen LogP contribution is -2.31. The van der Waals surface area contributed by atoms with Crippen LogP contribution in [0, 0.1) is 0 Å². The zero-order valence-corrected chi connectivity index (χ0v) is 15.5. The predicted molar refractivity (Wildman–Crippen MR) is 96.4 cm³/mol. The van der Waals surface area contributed by atoms with E-state index in [-0.39, 0.29) is 18.8 Å². The summed E-state index contributed by atoms with van der Waals surface area (Å²) in [6.45, 7) is 2.11. The second-order valence-electron chi connectivity index (χ2n) is 6.83. The monoisotopic (exact) mass is 366 g/mol. The lowest BCUT2D eigenvalue weighted by atomic mass is 9.92. The van der Waals surface area contributed by atoms with E-state index in [0.717, 1.165) is 19.3 Å². The van der Waals surface area contributed by atoms with E-state index in [1.54, 1.807) is 0 Å². The summed E-state index contributed by atoms with van der Waals surface area (Å²) >= 11 is 0. The molecule has 0 saturated carbocycles. The SMILES string of the molecule is CCCCC[C@@H](O)c1ccccc1[C@@H]1O[C@@H](CCC(=O)OC)[C@H](O)[C@H]1O. The number of aliphatic hydroxyl groups is 3. The van der Waals surface area contributed by atoms with Crippen LogP contribution in [0.15, 0.2) is 24.3 Å². The maximum atomic E-state index is 11.3. The minimum absolute atomic E-state index is 0.110. The molecular formula is C20H30O6. The van der Waals surface area contributed by atoms with Crippen LogP contribution in [0.25, 0.3) is 0 Å². The highest BCUT2D eigenvalue weighted by Crippen LogP contribution is 2.39. The molecule has 6 nitrogen and oxygen atoms in total. The fourth-order valence-corrected chi connectivity index (χ4v) is 3.42. The number of rotatable bonds is 9. The first kappa shape index (κ1) is 20.8. The molecule has 1 aromatic rings. The number of carbonyl (C=O) groups is 1. The van der Waals surface area contributed by atoms with Gasteiger partial charge < -0.3 is 24.8 Å². The number of hydrogen-bond donors (Lipinski definition) is 3. The molecule has 0 unspecified atom stereocenters. The van der Waals surface area contributed by atoms with Crippen molar-refractivity contribution in [1.82, 2.24) is 0 Å². The zero-order chi connectivity index (χ0) is 19.1. The van der Waals surface area contributed by atoms with Gasteiger partial charge in [0.25, 0.3) is 0 Å². The van der Waals surface area contributed by atoms with Gasteiger partial charge in [0, 0.05) is 6.42 Å². The topological polar surface area (TPSA) is 96.2 Å². The van der Waals surface area contributed by atoms with Gasteiger partial charge in [-0.15, -0.1) is 0 Å². The zero-order valence-electron chi connectivity index (χ0n) is 15.5. The lowest BCUT2D eigenvalue weighted by molar-refractivity contribution is -0.141. The van der Waals surface area contributed by atoms with Gasteiger partial charge in [0.2, 0.25) is 0 Å². The maximum Gasteiger partial charge on any atom is 0.305 e. The Balaban J connectivity index is 2.11. The quantitative estimate of drug-likeness (QED) is 0.459. The number of ether oxygens (including phenoxy) is 2. The molecule has 0 amide bonds. The molecule has 3 N–H and O–H groups in total. The van der Waals surface area contributed by atoms with Gasteiger partial charge in [0.15, 0.2) is 0 Å². The van der Waals surface area contributed by atoms with Gasteiger partial charge in [0.1, 0.15) is 18.3 Å². The standard InChI is InChI=1S/C20H30O6/c1-3-4-5-10-15(21)13-8-6-7-9-14(13)20-19(24)18(23)16(26-20)11-12-17(22)25-2/h6-9,15-16,18-21,23-24H,3-5,10-12H2,1-2H3/t15-,16+,18+,19-,20+/m1/s1. The first-order valence-corrected chi connectivity index (χ1v) is 9.34. The van der Waals surface area contributed by atoms with Crippen LogP contribution >= 0.6 is 0 Å². The summed E-state index contributed by atoms with van der Waals surface area (Å²) in [4.78, 5) is 11.3. The number of carbonyl (C=O) groups excluding carboxylic acids is 1. The molecule has 0 spiro atoms. The predicted octanol–water partition coefficient (Wildman–Crippen LogP) is 2.42. The molecule has 1 aromatic carbocycles. The van der Waals surface area contributed by atoms with Crippen molar-refractivity contribution in [3.8, 4) is 0 Å². The van der Waals surface area contributed by atoms with Crippen molar-refractivity contribution < 1.29 is 29.6 Å². The van der Waals surface area contributed by atoms with Crippen molar-refractivity contribution in [3.63, 3.8) is 0 Å². The van der Waals surface area contributed by atoms with E-state index >= 15 is 0 Å². The number of unbranched alkanes of at least 4 members (excludes halogenated alkanes) is 2. The molecule has 1 aliphatic heterocycles. The van der Waals surface area contributed by atoms with Gasteiger partial charge in [-0.1, -0.05) is 50.5 Å². The molecule has 2 rings (SSSR count). The first-order chi connectivity index (χ1) is 12.5. The summed E-state index contributed by atoms with van der Waals surface area (Å²) in [7, 11) is 1.31. The molecule has 5 atom stereocenters. The average Bonchev–Trinajstić information content (AvgIpc) is 2.94. The van der Waals surface area contributed by atoms with Crippen LogP contribution < -0.4 is 0 Å². The summed E-state index contributed by atoms with van der Waals surface area (Å²) in [5.74, 6) is -0.384. The Bertz CT molecular complexity index is 575. The molecule has 1 fully saturated rings. The number of methoxy groups -OCH3 is 1. The molecule has 0 radical (unpaired) electrons. The van der Waals surface area contributed by atoms with Gasteiger partial charge in [0.05, 0.1) is 19.3 Å². The van der Waals surface area contributed by atoms with E-state index in [0.29, 0.717) is 17.5 Å².